The van der Waals surface area contributed by atoms with Gasteiger partial charge in [-0.2, -0.15) is 5.10 Å². The predicted octanol–water partition coefficient (Wildman–Crippen LogP) is 1.79. The summed E-state index contributed by atoms with van der Waals surface area (Å²) < 4.78 is 31.2. The summed E-state index contributed by atoms with van der Waals surface area (Å²) in [4.78, 5) is 6.90. The van der Waals surface area contributed by atoms with Crippen molar-refractivity contribution in [2.45, 2.75) is 39.4 Å². The van der Waals surface area contributed by atoms with Crippen LogP contribution < -0.4 is 4.90 Å². The summed E-state index contributed by atoms with van der Waals surface area (Å²) in [6.07, 6.45) is 2.38. The molecule has 28 heavy (non-hydrogen) atoms. The van der Waals surface area contributed by atoms with Crippen LogP contribution in [0.5, 0.6) is 0 Å². The molecule has 1 aliphatic heterocycles. The van der Waals surface area contributed by atoms with Gasteiger partial charge in [-0.05, 0) is 31.7 Å². The Morgan fingerprint density at radius 2 is 2.18 bits per heavy atom. The molecule has 7 nitrogen and oxygen atoms in total. The minimum atomic E-state index is -2.93. The normalized spacial score (nSPS) is 19.9. The molecule has 1 saturated heterocycles. The van der Waals surface area contributed by atoms with E-state index in [1.165, 1.54) is 10.5 Å². The van der Waals surface area contributed by atoms with Gasteiger partial charge in [-0.25, -0.2) is 13.4 Å². The van der Waals surface area contributed by atoms with Gasteiger partial charge in [-0.3, -0.25) is 4.68 Å². The predicted molar refractivity (Wildman–Crippen MR) is 108 cm³/mol. The minimum Gasteiger partial charge on any atom is -0.443 e. The lowest BCUT2D eigenvalue weighted by atomic mass is 10.1. The third-order valence-corrected chi connectivity index (χ3v) is 7.88. The maximum Gasteiger partial charge on any atom is 0.236 e. The molecule has 0 spiro atoms. The van der Waals surface area contributed by atoms with E-state index in [1.54, 1.807) is 17.6 Å². The number of thiophene rings is 1. The van der Waals surface area contributed by atoms with Gasteiger partial charge in [-0.1, -0.05) is 6.07 Å². The quantitative estimate of drug-likeness (QED) is 0.656. The topological polar surface area (TPSA) is 82.4 Å². The lowest BCUT2D eigenvalue weighted by molar-refractivity contribution is -0.908. The Labute approximate surface area is 168 Å². The van der Waals surface area contributed by atoms with Crippen molar-refractivity contribution in [3.8, 4) is 10.8 Å². The van der Waals surface area contributed by atoms with Gasteiger partial charge in [0.25, 0.3) is 0 Å². The van der Waals surface area contributed by atoms with Gasteiger partial charge in [0.15, 0.2) is 9.84 Å². The van der Waals surface area contributed by atoms with E-state index in [1.807, 2.05) is 36.0 Å². The smallest absolute Gasteiger partial charge is 0.236 e. The Morgan fingerprint density at radius 1 is 1.36 bits per heavy atom. The van der Waals surface area contributed by atoms with Crippen molar-refractivity contribution in [3.63, 3.8) is 0 Å². The second-order valence-electron chi connectivity index (χ2n) is 7.58. The summed E-state index contributed by atoms with van der Waals surface area (Å²) in [5, 5.41) is 6.67. The number of aromatic nitrogens is 3. The number of nitrogens with zero attached hydrogens (tertiary/aromatic N) is 3. The molecule has 3 aromatic heterocycles. The maximum atomic E-state index is 11.8. The van der Waals surface area contributed by atoms with Gasteiger partial charge in [-0.15, -0.1) is 11.3 Å². The van der Waals surface area contributed by atoms with Crippen LogP contribution in [0, 0.1) is 13.8 Å². The highest BCUT2D eigenvalue weighted by atomic mass is 32.2. The molecule has 0 aromatic carbocycles. The van der Waals surface area contributed by atoms with Crippen molar-refractivity contribution < 1.29 is 17.7 Å². The summed E-state index contributed by atoms with van der Waals surface area (Å²) in [5.74, 6) is 1.12. The van der Waals surface area contributed by atoms with E-state index >= 15 is 0 Å². The van der Waals surface area contributed by atoms with Crippen LogP contribution in [0.15, 0.2) is 28.2 Å². The number of aryl methyl sites for hydroxylation is 1. The van der Waals surface area contributed by atoms with Crippen LogP contribution in [0.25, 0.3) is 10.8 Å². The van der Waals surface area contributed by atoms with Crippen molar-refractivity contribution in [2.24, 2.45) is 0 Å². The van der Waals surface area contributed by atoms with Gasteiger partial charge >= 0.3 is 0 Å². The fourth-order valence-corrected chi connectivity index (χ4v) is 6.20. The van der Waals surface area contributed by atoms with Crippen LogP contribution in [-0.4, -0.2) is 41.7 Å². The number of quaternary nitrogens is 1. The summed E-state index contributed by atoms with van der Waals surface area (Å²) in [7, 11) is -0.807. The van der Waals surface area contributed by atoms with Gasteiger partial charge in [0.1, 0.15) is 25.0 Å². The van der Waals surface area contributed by atoms with Crippen LogP contribution in [0.1, 0.15) is 35.1 Å². The third-order valence-electron chi connectivity index (χ3n) is 5.27. The zero-order valence-corrected chi connectivity index (χ0v) is 17.9. The fourth-order valence-electron chi connectivity index (χ4n) is 3.85. The van der Waals surface area contributed by atoms with E-state index < -0.39 is 9.84 Å². The Balaban J connectivity index is 1.45. The number of nitrogens with one attached hydrogen (secondary N) is 1. The summed E-state index contributed by atoms with van der Waals surface area (Å²) in [5.41, 5.74) is 4.15. The van der Waals surface area contributed by atoms with Crippen molar-refractivity contribution in [1.82, 2.24) is 14.8 Å². The molecule has 150 valence electrons. The van der Waals surface area contributed by atoms with Crippen molar-refractivity contribution >= 4 is 21.2 Å². The highest BCUT2D eigenvalue weighted by molar-refractivity contribution is 7.91. The molecule has 0 radical (unpaired) electrons. The zero-order valence-electron chi connectivity index (χ0n) is 16.3. The van der Waals surface area contributed by atoms with Crippen molar-refractivity contribution in [1.29, 1.82) is 0 Å². The fraction of sp³-hybridized carbons (Fsp3) is 0.474. The lowest BCUT2D eigenvalue weighted by Crippen LogP contribution is -3.06. The van der Waals surface area contributed by atoms with Crippen LogP contribution >= 0.6 is 11.3 Å². The molecule has 2 atom stereocenters. The molecule has 3 aromatic rings. The number of oxazole rings is 1. The second kappa shape index (κ2) is 7.46. The average Bonchev–Trinajstić information content (AvgIpc) is 3.39. The van der Waals surface area contributed by atoms with Gasteiger partial charge in [0, 0.05) is 5.69 Å². The SMILES string of the molecule is Cc1nn([C@H]2CCS(=O)(=O)C2)c(C)c1C[NH+](C)Cc1coc(-c2cccs2)n1. The maximum absolute atomic E-state index is 11.8. The van der Waals surface area contributed by atoms with Gasteiger partial charge < -0.3 is 9.32 Å². The Bertz CT molecular complexity index is 1070. The van der Waals surface area contributed by atoms with Gasteiger partial charge in [0.05, 0.1) is 40.7 Å². The molecular formula is C19H25N4O3S2+. The Morgan fingerprint density at radius 3 is 2.86 bits per heavy atom. The highest BCUT2D eigenvalue weighted by Crippen LogP contribution is 2.27. The Hall–Kier alpha value is -1.97. The standard InChI is InChI=1S/C19H24N4O3S2/c1-13-17(14(2)23(21-13)16-6-8-28(24,25)12-16)10-22(3)9-15-11-26-19(20-15)18-5-4-7-27-18/h4-5,7,11,16H,6,8-10,12H2,1-3H3/p+1/t16-/m0/s1. The van der Waals surface area contributed by atoms with Crippen LogP contribution in [0.2, 0.25) is 0 Å². The van der Waals surface area contributed by atoms with Crippen molar-refractivity contribution in [3.05, 3.63) is 46.4 Å². The zero-order chi connectivity index (χ0) is 19.9. The minimum absolute atomic E-state index is 0.0401. The molecule has 1 aliphatic rings. The lowest BCUT2D eigenvalue weighted by Gasteiger charge is -2.14. The Kier molecular flexibility index (Phi) is 5.15. The van der Waals surface area contributed by atoms with E-state index in [0.29, 0.717) is 12.3 Å². The number of hydrogen-bond acceptors (Lipinski definition) is 6. The largest absolute Gasteiger partial charge is 0.443 e. The van der Waals surface area contributed by atoms with E-state index in [-0.39, 0.29) is 17.5 Å². The number of rotatable bonds is 6. The molecule has 0 aliphatic carbocycles. The summed E-state index contributed by atoms with van der Waals surface area (Å²) >= 11 is 1.61. The van der Waals surface area contributed by atoms with Crippen LogP contribution in [0.4, 0.5) is 0 Å². The number of hydrogen-bond donors (Lipinski definition) is 1. The molecule has 9 heteroatoms. The average molecular weight is 422 g/mol. The molecule has 1 unspecified atom stereocenters. The summed E-state index contributed by atoms with van der Waals surface area (Å²) in [6.45, 7) is 5.59. The molecular weight excluding hydrogens is 396 g/mol. The second-order valence-corrected chi connectivity index (χ2v) is 10.8. The molecule has 1 N–H and O–H groups in total. The molecule has 4 heterocycles. The van der Waals surface area contributed by atoms with E-state index in [0.717, 1.165) is 35.0 Å². The first-order valence-electron chi connectivity index (χ1n) is 9.37. The molecule has 0 amide bonds. The number of sulfone groups is 1. The van der Waals surface area contributed by atoms with Gasteiger partial charge in [0.2, 0.25) is 5.89 Å². The van der Waals surface area contributed by atoms with Crippen molar-refractivity contribution in [2.75, 3.05) is 18.6 Å². The van der Waals surface area contributed by atoms with Crippen LogP contribution in [0.3, 0.4) is 0 Å². The monoisotopic (exact) mass is 421 g/mol. The first-order valence-corrected chi connectivity index (χ1v) is 12.1. The first-order chi connectivity index (χ1) is 13.3. The first kappa shape index (κ1) is 19.4. The van der Waals surface area contributed by atoms with E-state index in [9.17, 15) is 8.42 Å². The third kappa shape index (κ3) is 3.92. The van der Waals surface area contributed by atoms with Crippen LogP contribution in [-0.2, 0) is 22.9 Å². The molecule has 0 bridgehead atoms. The molecule has 1 fully saturated rings. The summed E-state index contributed by atoms with van der Waals surface area (Å²) in [6, 6.07) is 3.95. The molecule has 0 saturated carbocycles. The molecule has 4 rings (SSSR count). The van der Waals surface area contributed by atoms with E-state index in [2.05, 4.69) is 17.1 Å². The highest BCUT2D eigenvalue weighted by Gasteiger charge is 2.31. The van der Waals surface area contributed by atoms with E-state index in [4.69, 9.17) is 4.42 Å².